The summed E-state index contributed by atoms with van der Waals surface area (Å²) in [4.78, 5) is 11.3. The fourth-order valence-corrected chi connectivity index (χ4v) is 2.40. The van der Waals surface area contributed by atoms with Gasteiger partial charge in [0.05, 0.1) is 11.8 Å². The third kappa shape index (κ3) is 2.34. The second-order valence-corrected chi connectivity index (χ2v) is 5.27. The van der Waals surface area contributed by atoms with Crippen LogP contribution in [-0.4, -0.2) is 26.6 Å². The van der Waals surface area contributed by atoms with E-state index in [0.717, 1.165) is 28.1 Å². The maximum Gasteiger partial charge on any atom is 0.160 e. The van der Waals surface area contributed by atoms with Gasteiger partial charge in [0, 0.05) is 31.5 Å². The fraction of sp³-hybridized carbons (Fsp3) is 0.133. The molecule has 106 valence electrons. The second-order valence-electron chi connectivity index (χ2n) is 4.83. The maximum atomic E-state index is 5.62. The molecule has 0 amide bonds. The van der Waals surface area contributed by atoms with E-state index in [2.05, 4.69) is 9.97 Å². The predicted molar refractivity (Wildman–Crippen MR) is 88.9 cm³/mol. The van der Waals surface area contributed by atoms with Crippen LogP contribution in [0.25, 0.3) is 11.0 Å². The van der Waals surface area contributed by atoms with E-state index in [1.165, 1.54) is 0 Å². The summed E-state index contributed by atoms with van der Waals surface area (Å²) in [7, 11) is 3.93. The molecule has 0 atom stereocenters. The fourth-order valence-electron chi connectivity index (χ4n) is 2.27. The molecule has 0 aliphatic rings. The van der Waals surface area contributed by atoms with Crippen LogP contribution in [0.3, 0.4) is 0 Å². The first-order chi connectivity index (χ1) is 10.1. The normalized spacial score (nSPS) is 10.8. The summed E-state index contributed by atoms with van der Waals surface area (Å²) in [6.45, 7) is 0. The van der Waals surface area contributed by atoms with Gasteiger partial charge < -0.3 is 15.2 Å². The van der Waals surface area contributed by atoms with Crippen LogP contribution in [-0.2, 0) is 7.05 Å². The molecular formula is C15H15N5S. The highest BCUT2D eigenvalue weighted by Crippen LogP contribution is 2.27. The Morgan fingerprint density at radius 3 is 2.57 bits per heavy atom. The molecule has 0 unspecified atom stereocenters. The number of rotatable bonds is 3. The number of thiocarbonyl (C=S) groups is 1. The summed E-state index contributed by atoms with van der Waals surface area (Å²) in [5.74, 6) is 0.816. The average molecular weight is 297 g/mol. The Morgan fingerprint density at radius 2 is 1.90 bits per heavy atom. The Hall–Kier alpha value is -2.47. The lowest BCUT2D eigenvalue weighted by molar-refractivity contribution is 0.947. The van der Waals surface area contributed by atoms with E-state index in [1.54, 1.807) is 12.5 Å². The smallest absolute Gasteiger partial charge is 0.160 e. The Balaban J connectivity index is 2.03. The van der Waals surface area contributed by atoms with Crippen LogP contribution in [0.5, 0.6) is 0 Å². The zero-order valence-corrected chi connectivity index (χ0v) is 12.6. The lowest BCUT2D eigenvalue weighted by Gasteiger charge is -2.19. The zero-order valence-electron chi connectivity index (χ0n) is 11.8. The minimum absolute atomic E-state index is 0.397. The minimum Gasteiger partial charge on any atom is -0.389 e. The molecule has 3 aromatic rings. The topological polar surface area (TPSA) is 60.0 Å². The molecule has 0 spiro atoms. The van der Waals surface area contributed by atoms with Crippen molar-refractivity contribution in [3.8, 4) is 0 Å². The Bertz CT molecular complexity index is 807. The van der Waals surface area contributed by atoms with Crippen molar-refractivity contribution >= 4 is 39.7 Å². The number of fused-ring (bicyclic) bond motifs is 1. The van der Waals surface area contributed by atoms with E-state index in [4.69, 9.17) is 18.0 Å². The van der Waals surface area contributed by atoms with Crippen LogP contribution in [0.15, 0.2) is 42.9 Å². The van der Waals surface area contributed by atoms with Crippen molar-refractivity contribution in [2.75, 3.05) is 11.9 Å². The largest absolute Gasteiger partial charge is 0.389 e. The number of aromatic nitrogens is 3. The van der Waals surface area contributed by atoms with Crippen LogP contribution >= 0.6 is 12.2 Å². The third-order valence-corrected chi connectivity index (χ3v) is 3.72. The molecule has 0 radical (unpaired) electrons. The lowest BCUT2D eigenvalue weighted by atomic mass is 10.2. The van der Waals surface area contributed by atoms with Gasteiger partial charge in [-0.3, -0.25) is 0 Å². The van der Waals surface area contributed by atoms with Gasteiger partial charge in [0.2, 0.25) is 0 Å². The number of pyridine rings is 1. The standard InChI is InChI=1S/C15H15N5S/c1-19-9-18-13-12(19)7-8-17-15(13)20(2)11-5-3-10(4-6-11)14(16)21/h3-9H,1-2H3,(H2,16,21). The highest BCUT2D eigenvalue weighted by molar-refractivity contribution is 7.80. The summed E-state index contributed by atoms with van der Waals surface area (Å²) in [5, 5.41) is 0. The van der Waals surface area contributed by atoms with Gasteiger partial charge in [0.15, 0.2) is 5.82 Å². The summed E-state index contributed by atoms with van der Waals surface area (Å²) < 4.78 is 1.98. The van der Waals surface area contributed by atoms with Gasteiger partial charge in [0.25, 0.3) is 0 Å². The molecule has 0 saturated heterocycles. The highest BCUT2D eigenvalue weighted by Gasteiger charge is 2.12. The number of anilines is 2. The summed E-state index contributed by atoms with van der Waals surface area (Å²) in [6.07, 6.45) is 3.58. The molecule has 0 aliphatic heterocycles. The van der Waals surface area contributed by atoms with Crippen LogP contribution in [0, 0.1) is 0 Å². The van der Waals surface area contributed by atoms with Gasteiger partial charge in [-0.25, -0.2) is 9.97 Å². The van der Waals surface area contributed by atoms with E-state index >= 15 is 0 Å². The summed E-state index contributed by atoms with van der Waals surface area (Å²) in [6, 6.07) is 9.71. The Labute approximate surface area is 128 Å². The number of nitrogens with zero attached hydrogens (tertiary/aromatic N) is 4. The first kappa shape index (κ1) is 13.5. The minimum atomic E-state index is 0.397. The van der Waals surface area contributed by atoms with E-state index in [-0.39, 0.29) is 0 Å². The van der Waals surface area contributed by atoms with E-state index in [1.807, 2.05) is 53.9 Å². The van der Waals surface area contributed by atoms with Gasteiger partial charge in [-0.1, -0.05) is 12.2 Å². The van der Waals surface area contributed by atoms with Crippen LogP contribution in [0.4, 0.5) is 11.5 Å². The number of nitrogens with two attached hydrogens (primary N) is 1. The van der Waals surface area contributed by atoms with Crippen molar-refractivity contribution in [3.05, 3.63) is 48.4 Å². The summed E-state index contributed by atoms with van der Waals surface area (Å²) in [5.41, 5.74) is 9.40. The van der Waals surface area contributed by atoms with Crippen molar-refractivity contribution in [1.29, 1.82) is 0 Å². The van der Waals surface area contributed by atoms with Gasteiger partial charge >= 0.3 is 0 Å². The molecule has 5 nitrogen and oxygen atoms in total. The van der Waals surface area contributed by atoms with Crippen LogP contribution < -0.4 is 10.6 Å². The number of imidazole rings is 1. The van der Waals surface area contributed by atoms with Gasteiger partial charge in [-0.15, -0.1) is 0 Å². The number of benzene rings is 1. The van der Waals surface area contributed by atoms with Gasteiger partial charge in [0.1, 0.15) is 10.5 Å². The molecule has 1 aromatic carbocycles. The molecular weight excluding hydrogens is 282 g/mol. The lowest BCUT2D eigenvalue weighted by Crippen LogP contribution is -2.13. The van der Waals surface area contributed by atoms with Crippen molar-refractivity contribution < 1.29 is 0 Å². The molecule has 0 fully saturated rings. The first-order valence-corrected chi connectivity index (χ1v) is 6.88. The van der Waals surface area contributed by atoms with Gasteiger partial charge in [-0.05, 0) is 30.3 Å². The van der Waals surface area contributed by atoms with Crippen molar-refractivity contribution in [1.82, 2.24) is 14.5 Å². The molecule has 2 aromatic heterocycles. The number of hydrogen-bond acceptors (Lipinski definition) is 4. The van der Waals surface area contributed by atoms with Crippen LogP contribution in [0.1, 0.15) is 5.56 Å². The molecule has 6 heteroatoms. The first-order valence-electron chi connectivity index (χ1n) is 6.47. The molecule has 0 bridgehead atoms. The average Bonchev–Trinajstić information content (AvgIpc) is 2.88. The number of aryl methyl sites for hydroxylation is 1. The molecule has 3 rings (SSSR count). The summed E-state index contributed by atoms with van der Waals surface area (Å²) >= 11 is 4.97. The van der Waals surface area contributed by atoms with Crippen molar-refractivity contribution in [2.24, 2.45) is 12.8 Å². The molecule has 21 heavy (non-hydrogen) atoms. The van der Waals surface area contributed by atoms with Crippen molar-refractivity contribution in [2.45, 2.75) is 0 Å². The third-order valence-electron chi connectivity index (χ3n) is 3.48. The molecule has 0 saturated carbocycles. The van der Waals surface area contributed by atoms with Crippen LogP contribution in [0.2, 0.25) is 0 Å². The molecule has 0 aliphatic carbocycles. The van der Waals surface area contributed by atoms with E-state index in [0.29, 0.717) is 4.99 Å². The van der Waals surface area contributed by atoms with E-state index < -0.39 is 0 Å². The maximum absolute atomic E-state index is 5.62. The molecule has 2 heterocycles. The predicted octanol–water partition coefficient (Wildman–Crippen LogP) is 2.37. The molecule has 2 N–H and O–H groups in total. The Kier molecular flexibility index (Phi) is 3.31. The SMILES string of the molecule is CN(c1ccc(C(N)=S)cc1)c1nccc2c1ncn2C. The second kappa shape index (κ2) is 5.14. The monoisotopic (exact) mass is 297 g/mol. The Morgan fingerprint density at radius 1 is 1.19 bits per heavy atom. The van der Waals surface area contributed by atoms with Gasteiger partial charge in [-0.2, -0.15) is 0 Å². The van der Waals surface area contributed by atoms with E-state index in [9.17, 15) is 0 Å². The zero-order chi connectivity index (χ0) is 15.0. The van der Waals surface area contributed by atoms with Crippen molar-refractivity contribution in [3.63, 3.8) is 0 Å². The highest BCUT2D eigenvalue weighted by atomic mass is 32.1. The number of hydrogen-bond donors (Lipinski definition) is 1. The quantitative estimate of drug-likeness (QED) is 0.752.